The summed E-state index contributed by atoms with van der Waals surface area (Å²) in [6, 6.07) is 0. The number of hydrogen-bond acceptors (Lipinski definition) is 3. The van der Waals surface area contributed by atoms with Crippen LogP contribution in [-0.2, 0) is 4.74 Å². The Morgan fingerprint density at radius 2 is 1.95 bits per heavy atom. The van der Waals surface area contributed by atoms with Crippen LogP contribution in [-0.4, -0.2) is 30.5 Å². The molecule has 2 rings (SSSR count). The number of methoxy groups -OCH3 is 1. The van der Waals surface area contributed by atoms with E-state index < -0.39 is 5.60 Å². The minimum absolute atomic E-state index is 0.0663. The molecule has 0 heterocycles. The summed E-state index contributed by atoms with van der Waals surface area (Å²) in [5.74, 6) is 0.740. The van der Waals surface area contributed by atoms with E-state index in [0.717, 1.165) is 44.4 Å². The Bertz CT molecular complexity index is 296. The van der Waals surface area contributed by atoms with Gasteiger partial charge in [0.05, 0.1) is 11.7 Å². The Labute approximate surface area is 117 Å². The van der Waals surface area contributed by atoms with E-state index in [1.807, 2.05) is 0 Å². The summed E-state index contributed by atoms with van der Waals surface area (Å²) in [5.41, 5.74) is 5.49. The lowest BCUT2D eigenvalue weighted by Crippen LogP contribution is -2.57. The summed E-state index contributed by atoms with van der Waals surface area (Å²) in [6.45, 7) is 2.89. The van der Waals surface area contributed by atoms with Gasteiger partial charge in [0.1, 0.15) is 0 Å². The highest BCUT2D eigenvalue weighted by Gasteiger charge is 2.52. The zero-order chi connectivity index (χ0) is 13.9. The molecule has 0 amide bonds. The molecule has 2 aliphatic carbocycles. The van der Waals surface area contributed by atoms with Crippen LogP contribution in [0.3, 0.4) is 0 Å². The first-order valence-corrected chi connectivity index (χ1v) is 8.04. The highest BCUT2D eigenvalue weighted by Crippen LogP contribution is 2.52. The first kappa shape index (κ1) is 15.3. The summed E-state index contributed by atoms with van der Waals surface area (Å²) in [5, 5.41) is 11.3. The molecule has 2 saturated carbocycles. The molecule has 4 atom stereocenters. The van der Waals surface area contributed by atoms with Gasteiger partial charge in [-0.15, -0.1) is 0 Å². The Morgan fingerprint density at radius 1 is 1.21 bits per heavy atom. The molecule has 0 bridgehead atoms. The van der Waals surface area contributed by atoms with Crippen molar-refractivity contribution in [3.05, 3.63) is 0 Å². The third-order valence-electron chi connectivity index (χ3n) is 5.92. The van der Waals surface area contributed by atoms with Crippen LogP contribution in [0.2, 0.25) is 0 Å². The molecule has 3 nitrogen and oxygen atoms in total. The molecule has 19 heavy (non-hydrogen) atoms. The second-order valence-electron chi connectivity index (χ2n) is 6.84. The van der Waals surface area contributed by atoms with Crippen LogP contribution in [0.5, 0.6) is 0 Å². The van der Waals surface area contributed by atoms with Crippen molar-refractivity contribution in [2.45, 2.75) is 76.4 Å². The molecule has 0 aromatic heterocycles. The molecule has 2 aliphatic rings. The predicted octanol–water partition coefficient (Wildman–Crippen LogP) is 2.85. The van der Waals surface area contributed by atoms with Crippen molar-refractivity contribution in [2.24, 2.45) is 17.1 Å². The van der Waals surface area contributed by atoms with E-state index in [1.54, 1.807) is 7.11 Å². The highest BCUT2D eigenvalue weighted by atomic mass is 16.5. The van der Waals surface area contributed by atoms with Crippen molar-refractivity contribution in [2.75, 3.05) is 13.7 Å². The van der Waals surface area contributed by atoms with E-state index in [2.05, 4.69) is 6.92 Å². The van der Waals surface area contributed by atoms with Crippen LogP contribution in [0.4, 0.5) is 0 Å². The lowest BCUT2D eigenvalue weighted by Gasteiger charge is -2.54. The molecule has 0 aromatic carbocycles. The zero-order valence-electron chi connectivity index (χ0n) is 12.7. The summed E-state index contributed by atoms with van der Waals surface area (Å²) >= 11 is 0. The monoisotopic (exact) mass is 269 g/mol. The van der Waals surface area contributed by atoms with Crippen LogP contribution >= 0.6 is 0 Å². The third-order valence-corrected chi connectivity index (χ3v) is 5.92. The van der Waals surface area contributed by atoms with E-state index in [-0.39, 0.29) is 11.5 Å². The standard InChI is InChI=1S/C16H31NO2/c1-3-13-6-4-8-15(10-13,12-17)16(18)9-5-7-14(11-16)19-2/h13-14,18H,3-12,17H2,1-2H3. The van der Waals surface area contributed by atoms with E-state index in [4.69, 9.17) is 10.5 Å². The third kappa shape index (κ3) is 2.84. The maximum Gasteiger partial charge on any atom is 0.0740 e. The Hall–Kier alpha value is -0.120. The van der Waals surface area contributed by atoms with Crippen molar-refractivity contribution in [3.63, 3.8) is 0 Å². The van der Waals surface area contributed by atoms with Gasteiger partial charge in [-0.2, -0.15) is 0 Å². The number of rotatable bonds is 4. The van der Waals surface area contributed by atoms with Gasteiger partial charge in [-0.25, -0.2) is 0 Å². The normalized spacial score (nSPS) is 44.2. The Kier molecular flexibility index (Phi) is 4.91. The molecule has 3 heteroatoms. The van der Waals surface area contributed by atoms with Gasteiger partial charge in [0.2, 0.25) is 0 Å². The molecule has 0 aromatic rings. The van der Waals surface area contributed by atoms with Crippen LogP contribution in [0.15, 0.2) is 0 Å². The van der Waals surface area contributed by atoms with Crippen LogP contribution in [0, 0.1) is 11.3 Å². The van der Waals surface area contributed by atoms with Gasteiger partial charge < -0.3 is 15.6 Å². The molecular weight excluding hydrogens is 238 g/mol. The molecule has 2 fully saturated rings. The molecule has 0 saturated heterocycles. The Morgan fingerprint density at radius 3 is 2.58 bits per heavy atom. The average Bonchev–Trinajstić information content (AvgIpc) is 2.47. The smallest absolute Gasteiger partial charge is 0.0740 e. The predicted molar refractivity (Wildman–Crippen MR) is 78.0 cm³/mol. The largest absolute Gasteiger partial charge is 0.389 e. The fraction of sp³-hybridized carbons (Fsp3) is 1.00. The topological polar surface area (TPSA) is 55.5 Å². The second-order valence-corrected chi connectivity index (χ2v) is 6.84. The number of hydrogen-bond donors (Lipinski definition) is 2. The summed E-state index contributed by atoms with van der Waals surface area (Å²) in [6.07, 6.45) is 9.97. The molecule has 0 radical (unpaired) electrons. The van der Waals surface area contributed by atoms with Gasteiger partial charge in [0.25, 0.3) is 0 Å². The zero-order valence-corrected chi connectivity index (χ0v) is 12.7. The minimum atomic E-state index is -0.603. The second kappa shape index (κ2) is 6.11. The van der Waals surface area contributed by atoms with Gasteiger partial charge in [0, 0.05) is 25.5 Å². The number of nitrogens with two attached hydrogens (primary N) is 1. The van der Waals surface area contributed by atoms with Crippen LogP contribution < -0.4 is 5.73 Å². The lowest BCUT2D eigenvalue weighted by molar-refractivity contribution is -0.155. The molecule has 4 unspecified atom stereocenters. The molecule has 112 valence electrons. The van der Waals surface area contributed by atoms with E-state index in [9.17, 15) is 5.11 Å². The number of aliphatic hydroxyl groups is 1. The number of ether oxygens (including phenoxy) is 1. The fourth-order valence-electron chi connectivity index (χ4n) is 4.52. The van der Waals surface area contributed by atoms with Gasteiger partial charge in [-0.1, -0.05) is 26.2 Å². The maximum atomic E-state index is 11.3. The van der Waals surface area contributed by atoms with Gasteiger partial charge >= 0.3 is 0 Å². The summed E-state index contributed by atoms with van der Waals surface area (Å²) < 4.78 is 5.52. The van der Waals surface area contributed by atoms with E-state index in [0.29, 0.717) is 6.54 Å². The van der Waals surface area contributed by atoms with Gasteiger partial charge in [-0.05, 0) is 38.0 Å². The first-order valence-electron chi connectivity index (χ1n) is 8.04. The molecule has 0 spiro atoms. The highest BCUT2D eigenvalue weighted by molar-refractivity contribution is 5.05. The Balaban J connectivity index is 2.18. The lowest BCUT2D eigenvalue weighted by atomic mass is 9.56. The quantitative estimate of drug-likeness (QED) is 0.825. The van der Waals surface area contributed by atoms with Crippen molar-refractivity contribution < 1.29 is 9.84 Å². The summed E-state index contributed by atoms with van der Waals surface area (Å²) in [4.78, 5) is 0. The van der Waals surface area contributed by atoms with E-state index in [1.165, 1.54) is 19.3 Å². The van der Waals surface area contributed by atoms with Crippen molar-refractivity contribution in [1.29, 1.82) is 0 Å². The fourth-order valence-corrected chi connectivity index (χ4v) is 4.52. The van der Waals surface area contributed by atoms with Crippen LogP contribution in [0.1, 0.15) is 64.7 Å². The minimum Gasteiger partial charge on any atom is -0.389 e. The summed E-state index contributed by atoms with van der Waals surface area (Å²) in [7, 11) is 1.77. The molecule has 3 N–H and O–H groups in total. The van der Waals surface area contributed by atoms with Crippen molar-refractivity contribution >= 4 is 0 Å². The van der Waals surface area contributed by atoms with E-state index >= 15 is 0 Å². The van der Waals surface area contributed by atoms with Gasteiger partial charge in [0.15, 0.2) is 0 Å². The maximum absolute atomic E-state index is 11.3. The van der Waals surface area contributed by atoms with Crippen molar-refractivity contribution in [1.82, 2.24) is 0 Å². The van der Waals surface area contributed by atoms with Crippen molar-refractivity contribution in [3.8, 4) is 0 Å². The van der Waals surface area contributed by atoms with Gasteiger partial charge in [-0.3, -0.25) is 0 Å². The van der Waals surface area contributed by atoms with Crippen LogP contribution in [0.25, 0.3) is 0 Å². The average molecular weight is 269 g/mol. The SMILES string of the molecule is CCC1CCCC(CN)(C2(O)CCCC(OC)C2)C1. The molecular formula is C16H31NO2. The molecule has 0 aliphatic heterocycles. The first-order chi connectivity index (χ1) is 9.09.